The zero-order valence-corrected chi connectivity index (χ0v) is 11.2. The Balaban J connectivity index is 3.13. The number of rotatable bonds is 5. The zero-order valence-electron chi connectivity index (χ0n) is 11.2. The molecule has 0 aromatic heterocycles. The molecule has 0 spiro atoms. The quantitative estimate of drug-likeness (QED) is 0.482. The molecule has 20 heavy (non-hydrogen) atoms. The molecule has 108 valence electrons. The van der Waals surface area contributed by atoms with Gasteiger partial charge in [-0.2, -0.15) is 5.10 Å². The van der Waals surface area contributed by atoms with Crippen LogP contribution in [0.5, 0.6) is 0 Å². The van der Waals surface area contributed by atoms with E-state index in [0.717, 1.165) is 12.1 Å². The summed E-state index contributed by atoms with van der Waals surface area (Å²) >= 11 is 0. The summed E-state index contributed by atoms with van der Waals surface area (Å²) in [6, 6.07) is 3.17. The smallest absolute Gasteiger partial charge is 0.301 e. The van der Waals surface area contributed by atoms with E-state index in [0.29, 0.717) is 5.71 Å². The van der Waals surface area contributed by atoms with Crippen molar-refractivity contribution in [2.45, 2.75) is 26.4 Å². The Morgan fingerprint density at radius 1 is 1.30 bits per heavy atom. The van der Waals surface area contributed by atoms with Crippen molar-refractivity contribution in [3.8, 4) is 0 Å². The Bertz CT molecular complexity index is 577. The minimum Gasteiger partial charge on any atom is -0.384 e. The molecular weight excluding hydrogens is 268 g/mol. The summed E-state index contributed by atoms with van der Waals surface area (Å²) in [6.45, 7) is 4.57. The fourth-order valence-corrected chi connectivity index (χ4v) is 1.16. The lowest BCUT2D eigenvalue weighted by Gasteiger charge is -2.16. The van der Waals surface area contributed by atoms with Crippen molar-refractivity contribution in [1.29, 1.82) is 0 Å². The van der Waals surface area contributed by atoms with Gasteiger partial charge in [0.05, 0.1) is 27.2 Å². The van der Waals surface area contributed by atoms with E-state index in [2.05, 4.69) is 10.5 Å². The predicted molar refractivity (Wildman–Crippen MR) is 72.8 cm³/mol. The van der Waals surface area contributed by atoms with E-state index in [-0.39, 0.29) is 11.4 Å². The van der Waals surface area contributed by atoms with Crippen LogP contribution in [0.2, 0.25) is 0 Å². The van der Waals surface area contributed by atoms with Gasteiger partial charge in [-0.3, -0.25) is 25.7 Å². The average Bonchev–Trinajstić information content (AvgIpc) is 2.34. The van der Waals surface area contributed by atoms with Gasteiger partial charge in [0.2, 0.25) is 0 Å². The summed E-state index contributed by atoms with van der Waals surface area (Å²) in [4.78, 5) is 20.0. The van der Waals surface area contributed by atoms with Gasteiger partial charge in [0.15, 0.2) is 0 Å². The number of non-ortho nitro benzene ring substituents is 1. The molecule has 0 aliphatic carbocycles. The Hall–Kier alpha value is -2.55. The first kappa shape index (κ1) is 15.5. The maximum absolute atomic E-state index is 10.9. The molecule has 0 aliphatic rings. The Kier molecular flexibility index (Phi) is 4.35. The predicted octanol–water partition coefficient (Wildman–Crippen LogP) is 2.06. The summed E-state index contributed by atoms with van der Waals surface area (Å²) in [7, 11) is 0. The number of aliphatic hydroxyl groups is 1. The Morgan fingerprint density at radius 3 is 2.35 bits per heavy atom. The summed E-state index contributed by atoms with van der Waals surface area (Å²) < 4.78 is 0. The molecule has 1 aromatic rings. The number of nitrogens with zero attached hydrogens (tertiary/aromatic N) is 3. The summed E-state index contributed by atoms with van der Waals surface area (Å²) in [5, 5.41) is 35.0. The van der Waals surface area contributed by atoms with E-state index in [9.17, 15) is 25.3 Å². The lowest BCUT2D eigenvalue weighted by molar-refractivity contribution is -0.393. The highest BCUT2D eigenvalue weighted by Crippen LogP contribution is 2.29. The molecule has 2 N–H and O–H groups in total. The van der Waals surface area contributed by atoms with Crippen molar-refractivity contribution in [3.63, 3.8) is 0 Å². The number of anilines is 1. The summed E-state index contributed by atoms with van der Waals surface area (Å²) in [5.74, 6) is 0. The minimum absolute atomic E-state index is 0.00389. The van der Waals surface area contributed by atoms with Gasteiger partial charge in [-0.1, -0.05) is 0 Å². The van der Waals surface area contributed by atoms with Gasteiger partial charge >= 0.3 is 5.69 Å². The number of benzene rings is 1. The number of hydrogen-bond donors (Lipinski definition) is 2. The van der Waals surface area contributed by atoms with Gasteiger partial charge < -0.3 is 5.11 Å². The molecule has 0 bridgehead atoms. The Labute approximate surface area is 114 Å². The van der Waals surface area contributed by atoms with Gasteiger partial charge in [0.25, 0.3) is 5.69 Å². The average molecular weight is 282 g/mol. The molecular formula is C11H14N4O5. The lowest BCUT2D eigenvalue weighted by atomic mass is 10.1. The van der Waals surface area contributed by atoms with Crippen LogP contribution in [0.3, 0.4) is 0 Å². The molecule has 1 rings (SSSR count). The first-order chi connectivity index (χ1) is 9.12. The molecule has 9 nitrogen and oxygen atoms in total. The second-order valence-corrected chi connectivity index (χ2v) is 4.58. The van der Waals surface area contributed by atoms with Crippen molar-refractivity contribution in [3.05, 3.63) is 38.4 Å². The highest BCUT2D eigenvalue weighted by atomic mass is 16.6. The van der Waals surface area contributed by atoms with Crippen LogP contribution >= 0.6 is 0 Å². The SMILES string of the molecule is C/C(=N\Nc1ccc([N+](=O)[O-])cc1[N+](=O)[O-])C(C)(C)O. The Morgan fingerprint density at radius 2 is 1.90 bits per heavy atom. The highest BCUT2D eigenvalue weighted by molar-refractivity contribution is 5.90. The monoisotopic (exact) mass is 282 g/mol. The van der Waals surface area contributed by atoms with Gasteiger partial charge in [-0.15, -0.1) is 0 Å². The van der Waals surface area contributed by atoms with Crippen LogP contribution in [0.15, 0.2) is 23.3 Å². The van der Waals surface area contributed by atoms with Crippen LogP contribution in [0.1, 0.15) is 20.8 Å². The number of hydrazone groups is 1. The molecule has 0 saturated carbocycles. The third-order valence-electron chi connectivity index (χ3n) is 2.62. The standard InChI is InChI=1S/C11H14N4O5/c1-7(11(2,3)16)12-13-9-5-4-8(14(17)18)6-10(9)15(19)20/h4-6,13,16H,1-3H3/b12-7+. The number of nitro benzene ring substituents is 2. The fraction of sp³-hybridized carbons (Fsp3) is 0.364. The van der Waals surface area contributed by atoms with Crippen LogP contribution in [0.4, 0.5) is 17.1 Å². The van der Waals surface area contributed by atoms with Crippen LogP contribution < -0.4 is 5.43 Å². The third kappa shape index (κ3) is 3.72. The van der Waals surface area contributed by atoms with Crippen molar-refractivity contribution in [1.82, 2.24) is 0 Å². The van der Waals surface area contributed by atoms with Crippen LogP contribution in [0, 0.1) is 20.2 Å². The molecule has 0 aliphatic heterocycles. The van der Waals surface area contributed by atoms with E-state index in [1.807, 2.05) is 0 Å². The second kappa shape index (κ2) is 5.61. The zero-order chi connectivity index (χ0) is 15.5. The second-order valence-electron chi connectivity index (χ2n) is 4.58. The van der Waals surface area contributed by atoms with Crippen LogP contribution in [0.25, 0.3) is 0 Å². The summed E-state index contributed by atoms with van der Waals surface area (Å²) in [6.07, 6.45) is 0. The maximum atomic E-state index is 10.9. The molecule has 0 radical (unpaired) electrons. The van der Waals surface area contributed by atoms with Gasteiger partial charge in [0.1, 0.15) is 5.69 Å². The minimum atomic E-state index is -1.18. The molecule has 0 heterocycles. The lowest BCUT2D eigenvalue weighted by Crippen LogP contribution is -2.29. The summed E-state index contributed by atoms with van der Waals surface area (Å²) in [5.41, 5.74) is 0.717. The molecule has 0 amide bonds. The van der Waals surface area contributed by atoms with E-state index < -0.39 is 21.1 Å². The molecule has 0 fully saturated rings. The van der Waals surface area contributed by atoms with Crippen molar-refractivity contribution >= 4 is 22.8 Å². The molecule has 0 saturated heterocycles. The number of nitrogens with one attached hydrogen (secondary N) is 1. The van der Waals surface area contributed by atoms with Crippen molar-refractivity contribution in [2.75, 3.05) is 5.43 Å². The highest BCUT2D eigenvalue weighted by Gasteiger charge is 2.20. The van der Waals surface area contributed by atoms with E-state index >= 15 is 0 Å². The van der Waals surface area contributed by atoms with Gasteiger partial charge in [0, 0.05) is 6.07 Å². The maximum Gasteiger partial charge on any atom is 0.301 e. The van der Waals surface area contributed by atoms with Gasteiger partial charge in [-0.25, -0.2) is 0 Å². The van der Waals surface area contributed by atoms with E-state index in [1.54, 1.807) is 6.92 Å². The topological polar surface area (TPSA) is 131 Å². The number of nitro groups is 2. The number of hydrogen-bond acceptors (Lipinski definition) is 7. The largest absolute Gasteiger partial charge is 0.384 e. The normalized spacial score (nSPS) is 12.1. The van der Waals surface area contributed by atoms with Gasteiger partial charge in [-0.05, 0) is 26.8 Å². The van der Waals surface area contributed by atoms with Crippen LogP contribution in [-0.4, -0.2) is 26.3 Å². The first-order valence-corrected chi connectivity index (χ1v) is 5.59. The fourth-order valence-electron chi connectivity index (χ4n) is 1.16. The molecule has 0 unspecified atom stereocenters. The van der Waals surface area contributed by atoms with Crippen LogP contribution in [-0.2, 0) is 0 Å². The molecule has 0 atom stereocenters. The first-order valence-electron chi connectivity index (χ1n) is 5.59. The molecule has 9 heteroatoms. The van der Waals surface area contributed by atoms with Crippen molar-refractivity contribution < 1.29 is 15.0 Å². The molecule has 1 aromatic carbocycles. The van der Waals surface area contributed by atoms with E-state index in [4.69, 9.17) is 0 Å². The third-order valence-corrected chi connectivity index (χ3v) is 2.62. The van der Waals surface area contributed by atoms with Crippen molar-refractivity contribution in [2.24, 2.45) is 5.10 Å². The van der Waals surface area contributed by atoms with E-state index in [1.165, 1.54) is 19.9 Å².